The van der Waals surface area contributed by atoms with E-state index in [1.165, 1.54) is 0 Å². The lowest BCUT2D eigenvalue weighted by Gasteiger charge is -2.26. The zero-order valence-electron chi connectivity index (χ0n) is 14.1. The van der Waals surface area contributed by atoms with Gasteiger partial charge in [-0.3, -0.25) is 14.7 Å². The minimum atomic E-state index is -0.0809. The second-order valence-corrected chi connectivity index (χ2v) is 5.85. The van der Waals surface area contributed by atoms with Gasteiger partial charge in [-0.25, -0.2) is 4.98 Å². The molecule has 2 aromatic rings. The van der Waals surface area contributed by atoms with E-state index in [1.54, 1.807) is 30.7 Å². The Kier molecular flexibility index (Phi) is 6.30. The van der Waals surface area contributed by atoms with Gasteiger partial charge in [0.2, 0.25) is 0 Å². The Bertz CT molecular complexity index is 674. The quantitative estimate of drug-likeness (QED) is 0.786. The number of amides is 1. The van der Waals surface area contributed by atoms with Crippen LogP contribution in [-0.4, -0.2) is 60.2 Å². The molecule has 7 nitrogen and oxygen atoms in total. The maximum Gasteiger partial charge on any atom is 0.251 e. The Balaban J connectivity index is 1.47. The molecule has 3 rings (SSSR count). The third-order valence-corrected chi connectivity index (χ3v) is 4.06. The number of ether oxygens (including phenoxy) is 1. The standard InChI is InChI=1S/C18H23N5O2/c24-18(21-7-8-23-9-11-25-12-10-23)16-3-6-20-17(13-16)22-14-15-1-4-19-5-2-15/h1-6,13H,7-12,14H2,(H,20,22)(H,21,24). The van der Waals surface area contributed by atoms with E-state index in [2.05, 4.69) is 25.5 Å². The van der Waals surface area contributed by atoms with E-state index in [9.17, 15) is 4.79 Å². The number of hydrogen-bond donors (Lipinski definition) is 2. The van der Waals surface area contributed by atoms with E-state index in [4.69, 9.17) is 4.74 Å². The molecule has 1 amide bonds. The molecule has 0 spiro atoms. The number of anilines is 1. The molecule has 1 saturated heterocycles. The van der Waals surface area contributed by atoms with Crippen LogP contribution in [0.3, 0.4) is 0 Å². The van der Waals surface area contributed by atoms with Crippen LogP contribution in [0.25, 0.3) is 0 Å². The molecule has 0 radical (unpaired) electrons. The fourth-order valence-corrected chi connectivity index (χ4v) is 2.62. The third-order valence-electron chi connectivity index (χ3n) is 4.06. The van der Waals surface area contributed by atoms with E-state index in [0.29, 0.717) is 24.5 Å². The maximum atomic E-state index is 12.3. The minimum Gasteiger partial charge on any atom is -0.379 e. The molecule has 2 aromatic heterocycles. The summed E-state index contributed by atoms with van der Waals surface area (Å²) in [4.78, 5) is 22.8. The van der Waals surface area contributed by atoms with Gasteiger partial charge in [0.15, 0.2) is 0 Å². The van der Waals surface area contributed by atoms with E-state index in [0.717, 1.165) is 38.4 Å². The number of carbonyl (C=O) groups excluding carboxylic acids is 1. The largest absolute Gasteiger partial charge is 0.379 e. The lowest BCUT2D eigenvalue weighted by atomic mass is 10.2. The first-order valence-electron chi connectivity index (χ1n) is 8.48. The van der Waals surface area contributed by atoms with Gasteiger partial charge in [0.25, 0.3) is 5.91 Å². The molecule has 1 aliphatic rings. The van der Waals surface area contributed by atoms with Gasteiger partial charge in [-0.05, 0) is 29.8 Å². The molecular weight excluding hydrogens is 318 g/mol. The van der Waals surface area contributed by atoms with E-state index in [1.807, 2.05) is 12.1 Å². The third kappa shape index (κ3) is 5.51. The van der Waals surface area contributed by atoms with Gasteiger partial charge in [0.05, 0.1) is 13.2 Å². The van der Waals surface area contributed by atoms with Crippen LogP contribution in [0.1, 0.15) is 15.9 Å². The second-order valence-electron chi connectivity index (χ2n) is 5.85. The SMILES string of the molecule is O=C(NCCN1CCOCC1)c1ccnc(NCc2ccncc2)c1. The first-order chi connectivity index (χ1) is 12.3. The number of nitrogens with zero attached hydrogens (tertiary/aromatic N) is 3. The van der Waals surface area contributed by atoms with Gasteiger partial charge in [0.1, 0.15) is 5.82 Å². The number of rotatable bonds is 7. The lowest BCUT2D eigenvalue weighted by molar-refractivity contribution is 0.0383. The highest BCUT2D eigenvalue weighted by molar-refractivity contribution is 5.94. The van der Waals surface area contributed by atoms with Crippen molar-refractivity contribution in [2.45, 2.75) is 6.54 Å². The first kappa shape index (κ1) is 17.3. The van der Waals surface area contributed by atoms with Gasteiger partial charge in [-0.15, -0.1) is 0 Å². The zero-order valence-corrected chi connectivity index (χ0v) is 14.1. The Morgan fingerprint density at radius 3 is 2.76 bits per heavy atom. The zero-order chi connectivity index (χ0) is 17.3. The first-order valence-corrected chi connectivity index (χ1v) is 8.48. The van der Waals surface area contributed by atoms with Crippen LogP contribution in [-0.2, 0) is 11.3 Å². The average molecular weight is 341 g/mol. The summed E-state index contributed by atoms with van der Waals surface area (Å²) in [6.45, 7) is 5.49. The predicted molar refractivity (Wildman–Crippen MR) is 95.4 cm³/mol. The van der Waals surface area contributed by atoms with Crippen molar-refractivity contribution in [1.82, 2.24) is 20.2 Å². The summed E-state index contributed by atoms with van der Waals surface area (Å²) in [6, 6.07) is 7.37. The lowest BCUT2D eigenvalue weighted by Crippen LogP contribution is -2.41. The van der Waals surface area contributed by atoms with Gasteiger partial charge in [0, 0.05) is 56.9 Å². The summed E-state index contributed by atoms with van der Waals surface area (Å²) < 4.78 is 5.32. The summed E-state index contributed by atoms with van der Waals surface area (Å²) >= 11 is 0. The van der Waals surface area contributed by atoms with Gasteiger partial charge < -0.3 is 15.4 Å². The molecule has 3 heterocycles. The topological polar surface area (TPSA) is 79.4 Å². The summed E-state index contributed by atoms with van der Waals surface area (Å²) in [7, 11) is 0. The number of nitrogens with one attached hydrogen (secondary N) is 2. The maximum absolute atomic E-state index is 12.3. The number of aromatic nitrogens is 2. The van der Waals surface area contributed by atoms with E-state index in [-0.39, 0.29) is 5.91 Å². The molecule has 0 unspecified atom stereocenters. The van der Waals surface area contributed by atoms with Crippen LogP contribution in [0.5, 0.6) is 0 Å². The van der Waals surface area contributed by atoms with Gasteiger partial charge >= 0.3 is 0 Å². The normalized spacial score (nSPS) is 14.9. The summed E-state index contributed by atoms with van der Waals surface area (Å²) in [6.07, 6.45) is 5.15. The predicted octanol–water partition coefficient (Wildman–Crippen LogP) is 1.15. The number of morpholine rings is 1. The molecule has 7 heteroatoms. The van der Waals surface area contributed by atoms with Crippen molar-refractivity contribution in [3.8, 4) is 0 Å². The van der Waals surface area contributed by atoms with Crippen LogP contribution in [0.2, 0.25) is 0 Å². The average Bonchev–Trinajstić information content (AvgIpc) is 2.68. The molecule has 0 atom stereocenters. The molecule has 0 aliphatic carbocycles. The van der Waals surface area contributed by atoms with Crippen molar-refractivity contribution < 1.29 is 9.53 Å². The van der Waals surface area contributed by atoms with Crippen molar-refractivity contribution >= 4 is 11.7 Å². The second kappa shape index (κ2) is 9.10. The molecule has 25 heavy (non-hydrogen) atoms. The Labute approximate surface area is 147 Å². The van der Waals surface area contributed by atoms with Crippen LogP contribution < -0.4 is 10.6 Å². The van der Waals surface area contributed by atoms with E-state index >= 15 is 0 Å². The van der Waals surface area contributed by atoms with Crippen LogP contribution >= 0.6 is 0 Å². The fourth-order valence-electron chi connectivity index (χ4n) is 2.62. The summed E-state index contributed by atoms with van der Waals surface area (Å²) in [5, 5.41) is 6.19. The highest BCUT2D eigenvalue weighted by Gasteiger charge is 2.11. The molecule has 1 fully saturated rings. The Morgan fingerprint density at radius 2 is 1.96 bits per heavy atom. The van der Waals surface area contributed by atoms with Crippen molar-refractivity contribution in [3.63, 3.8) is 0 Å². The Hall–Kier alpha value is -2.51. The van der Waals surface area contributed by atoms with Gasteiger partial charge in [-0.2, -0.15) is 0 Å². The minimum absolute atomic E-state index is 0.0809. The van der Waals surface area contributed by atoms with Gasteiger partial charge in [-0.1, -0.05) is 0 Å². The monoisotopic (exact) mass is 341 g/mol. The smallest absolute Gasteiger partial charge is 0.251 e. The molecule has 132 valence electrons. The molecular formula is C18H23N5O2. The summed E-state index contributed by atoms with van der Waals surface area (Å²) in [5.74, 6) is 0.597. The van der Waals surface area contributed by atoms with Crippen LogP contribution in [0, 0.1) is 0 Å². The molecule has 2 N–H and O–H groups in total. The van der Waals surface area contributed by atoms with E-state index < -0.39 is 0 Å². The highest BCUT2D eigenvalue weighted by atomic mass is 16.5. The number of pyridine rings is 2. The molecule has 0 saturated carbocycles. The van der Waals surface area contributed by atoms with Crippen LogP contribution in [0.4, 0.5) is 5.82 Å². The number of hydrogen-bond acceptors (Lipinski definition) is 6. The highest BCUT2D eigenvalue weighted by Crippen LogP contribution is 2.09. The molecule has 0 bridgehead atoms. The summed E-state index contributed by atoms with van der Waals surface area (Å²) in [5.41, 5.74) is 1.71. The van der Waals surface area contributed by atoms with Crippen molar-refractivity contribution in [2.24, 2.45) is 0 Å². The van der Waals surface area contributed by atoms with Crippen molar-refractivity contribution in [2.75, 3.05) is 44.7 Å². The van der Waals surface area contributed by atoms with Crippen molar-refractivity contribution in [1.29, 1.82) is 0 Å². The number of carbonyl (C=O) groups is 1. The van der Waals surface area contributed by atoms with Crippen molar-refractivity contribution in [3.05, 3.63) is 54.0 Å². The fraction of sp³-hybridized carbons (Fsp3) is 0.389. The molecule has 1 aliphatic heterocycles. The molecule has 0 aromatic carbocycles. The van der Waals surface area contributed by atoms with Crippen LogP contribution in [0.15, 0.2) is 42.9 Å². The Morgan fingerprint density at radius 1 is 1.16 bits per heavy atom.